The van der Waals surface area contributed by atoms with Crippen LogP contribution in [0.1, 0.15) is 50.5 Å². The monoisotopic (exact) mass is 398 g/mol. The third-order valence-electron chi connectivity index (χ3n) is 5.08. The summed E-state index contributed by atoms with van der Waals surface area (Å²) in [4.78, 5) is 41.4. The summed E-state index contributed by atoms with van der Waals surface area (Å²) >= 11 is 0. The molecule has 3 rings (SSSR count). The quantitative estimate of drug-likeness (QED) is 0.674. The van der Waals surface area contributed by atoms with Crippen LogP contribution in [0.3, 0.4) is 0 Å². The van der Waals surface area contributed by atoms with Crippen molar-refractivity contribution in [1.82, 2.24) is 15.2 Å². The Morgan fingerprint density at radius 3 is 2.59 bits per heavy atom. The van der Waals surface area contributed by atoms with E-state index in [1.54, 1.807) is 18.7 Å². The normalized spacial score (nSPS) is 13.3. The number of methoxy groups -OCH3 is 1. The molecular formula is C21H26N4O4. The number of aromatic nitrogens is 1. The minimum absolute atomic E-state index is 0.100. The standard InChI is InChI=1S/C21H26N4O4/c1-13-17(20(27)29-3)14(2)23-18(13)19(26)22-12-15-7-6-8-16(11-15)24-21(28)25-9-4-5-10-25/h6-8,11,23H,4-5,9-10,12H2,1-3H3,(H,22,26)(H,24,28). The van der Waals surface area contributed by atoms with E-state index in [-0.39, 0.29) is 18.5 Å². The van der Waals surface area contributed by atoms with Gasteiger partial charge in [0.2, 0.25) is 0 Å². The first-order valence-electron chi connectivity index (χ1n) is 9.61. The van der Waals surface area contributed by atoms with E-state index < -0.39 is 5.97 Å². The van der Waals surface area contributed by atoms with Crippen LogP contribution in [0.4, 0.5) is 10.5 Å². The zero-order valence-corrected chi connectivity index (χ0v) is 16.9. The Balaban J connectivity index is 1.63. The number of ether oxygens (including phenoxy) is 1. The van der Waals surface area contributed by atoms with Gasteiger partial charge in [-0.25, -0.2) is 9.59 Å². The molecule has 0 atom stereocenters. The highest BCUT2D eigenvalue weighted by Crippen LogP contribution is 2.19. The minimum atomic E-state index is -0.475. The third-order valence-corrected chi connectivity index (χ3v) is 5.08. The fraction of sp³-hybridized carbons (Fsp3) is 0.381. The molecule has 3 amide bonds. The van der Waals surface area contributed by atoms with E-state index in [0.29, 0.717) is 28.2 Å². The zero-order chi connectivity index (χ0) is 21.0. The van der Waals surface area contributed by atoms with Crippen LogP contribution < -0.4 is 10.6 Å². The summed E-state index contributed by atoms with van der Waals surface area (Å²) in [5.41, 5.74) is 3.40. The summed E-state index contributed by atoms with van der Waals surface area (Å²) in [7, 11) is 1.31. The molecule has 0 aliphatic carbocycles. The van der Waals surface area contributed by atoms with Crippen LogP contribution in [0.2, 0.25) is 0 Å². The molecule has 154 valence electrons. The van der Waals surface area contributed by atoms with Crippen molar-refractivity contribution in [2.24, 2.45) is 0 Å². The van der Waals surface area contributed by atoms with Crippen LogP contribution in [-0.2, 0) is 11.3 Å². The summed E-state index contributed by atoms with van der Waals surface area (Å²) in [5.74, 6) is -0.788. The number of likely N-dealkylation sites (tertiary alicyclic amines) is 1. The van der Waals surface area contributed by atoms with Gasteiger partial charge in [0.15, 0.2) is 0 Å². The van der Waals surface area contributed by atoms with Gasteiger partial charge in [0.05, 0.1) is 12.7 Å². The number of urea groups is 1. The molecule has 0 radical (unpaired) electrons. The van der Waals surface area contributed by atoms with Crippen molar-refractivity contribution in [1.29, 1.82) is 0 Å². The van der Waals surface area contributed by atoms with Crippen molar-refractivity contribution in [2.45, 2.75) is 33.2 Å². The number of hydrogen-bond acceptors (Lipinski definition) is 4. The topological polar surface area (TPSA) is 104 Å². The van der Waals surface area contributed by atoms with Crippen LogP contribution in [0, 0.1) is 13.8 Å². The lowest BCUT2D eigenvalue weighted by Gasteiger charge is -2.16. The van der Waals surface area contributed by atoms with Gasteiger partial charge in [0.25, 0.3) is 5.91 Å². The van der Waals surface area contributed by atoms with E-state index in [9.17, 15) is 14.4 Å². The number of rotatable bonds is 5. The summed E-state index contributed by atoms with van der Waals surface area (Å²) < 4.78 is 4.77. The fourth-order valence-electron chi connectivity index (χ4n) is 3.54. The van der Waals surface area contributed by atoms with E-state index in [4.69, 9.17) is 4.74 Å². The minimum Gasteiger partial charge on any atom is -0.465 e. The number of esters is 1. The van der Waals surface area contributed by atoms with Crippen molar-refractivity contribution >= 4 is 23.6 Å². The maximum Gasteiger partial charge on any atom is 0.339 e. The van der Waals surface area contributed by atoms with E-state index in [2.05, 4.69) is 15.6 Å². The molecule has 1 aliphatic rings. The van der Waals surface area contributed by atoms with Crippen molar-refractivity contribution in [3.63, 3.8) is 0 Å². The number of aryl methyl sites for hydroxylation is 1. The zero-order valence-electron chi connectivity index (χ0n) is 16.9. The van der Waals surface area contributed by atoms with Crippen molar-refractivity contribution in [3.05, 3.63) is 52.3 Å². The molecule has 8 heteroatoms. The highest BCUT2D eigenvalue weighted by Gasteiger charge is 2.22. The Bertz CT molecular complexity index is 929. The number of nitrogens with zero attached hydrogens (tertiary/aromatic N) is 1. The van der Waals surface area contributed by atoms with Crippen molar-refractivity contribution < 1.29 is 19.1 Å². The van der Waals surface area contributed by atoms with Crippen LogP contribution in [0.25, 0.3) is 0 Å². The van der Waals surface area contributed by atoms with Crippen LogP contribution in [0.5, 0.6) is 0 Å². The van der Waals surface area contributed by atoms with Crippen molar-refractivity contribution in [2.75, 3.05) is 25.5 Å². The average molecular weight is 398 g/mol. The van der Waals surface area contributed by atoms with Crippen LogP contribution in [0.15, 0.2) is 24.3 Å². The van der Waals surface area contributed by atoms with Gasteiger partial charge in [-0.2, -0.15) is 0 Å². The maximum absolute atomic E-state index is 12.6. The van der Waals surface area contributed by atoms with E-state index >= 15 is 0 Å². The molecule has 1 saturated heterocycles. The summed E-state index contributed by atoms with van der Waals surface area (Å²) in [6, 6.07) is 7.26. The number of nitrogens with one attached hydrogen (secondary N) is 3. The highest BCUT2D eigenvalue weighted by atomic mass is 16.5. The molecule has 0 bridgehead atoms. The van der Waals surface area contributed by atoms with Gasteiger partial charge in [-0.3, -0.25) is 4.79 Å². The van der Waals surface area contributed by atoms with Crippen LogP contribution in [-0.4, -0.2) is 48.0 Å². The molecule has 1 aliphatic heterocycles. The van der Waals surface area contributed by atoms with Gasteiger partial charge < -0.3 is 25.3 Å². The number of amides is 3. The van der Waals surface area contributed by atoms with Gasteiger partial charge in [-0.05, 0) is 49.9 Å². The predicted molar refractivity (Wildman–Crippen MR) is 109 cm³/mol. The maximum atomic E-state index is 12.6. The van der Waals surface area contributed by atoms with Gasteiger partial charge in [0.1, 0.15) is 5.69 Å². The second kappa shape index (κ2) is 8.81. The average Bonchev–Trinajstić information content (AvgIpc) is 3.34. The largest absolute Gasteiger partial charge is 0.465 e. The van der Waals surface area contributed by atoms with Crippen molar-refractivity contribution in [3.8, 4) is 0 Å². The molecule has 29 heavy (non-hydrogen) atoms. The summed E-state index contributed by atoms with van der Waals surface area (Å²) in [6.45, 7) is 5.28. The molecule has 3 N–H and O–H groups in total. The first-order valence-corrected chi connectivity index (χ1v) is 9.61. The smallest absolute Gasteiger partial charge is 0.339 e. The molecule has 8 nitrogen and oxygen atoms in total. The molecule has 1 fully saturated rings. The Morgan fingerprint density at radius 2 is 1.90 bits per heavy atom. The number of anilines is 1. The van der Waals surface area contributed by atoms with Crippen LogP contribution >= 0.6 is 0 Å². The SMILES string of the molecule is COC(=O)c1c(C)[nH]c(C(=O)NCc2cccc(NC(=O)N3CCCC3)c2)c1C. The number of hydrogen-bond donors (Lipinski definition) is 3. The Hall–Kier alpha value is -3.29. The molecule has 0 spiro atoms. The summed E-state index contributed by atoms with van der Waals surface area (Å²) in [5, 5.41) is 5.74. The third kappa shape index (κ3) is 4.59. The molecule has 2 aromatic rings. The Labute approximate surface area is 169 Å². The number of carbonyl (C=O) groups excluding carboxylic acids is 3. The van der Waals surface area contributed by atoms with Gasteiger partial charge in [-0.15, -0.1) is 0 Å². The lowest BCUT2D eigenvalue weighted by atomic mass is 10.1. The van der Waals surface area contributed by atoms with Gasteiger partial charge in [-0.1, -0.05) is 12.1 Å². The Morgan fingerprint density at radius 1 is 1.17 bits per heavy atom. The predicted octanol–water partition coefficient (Wildman–Crippen LogP) is 2.98. The van der Waals surface area contributed by atoms with E-state index in [1.165, 1.54) is 7.11 Å². The van der Waals surface area contributed by atoms with Gasteiger partial charge >= 0.3 is 12.0 Å². The highest BCUT2D eigenvalue weighted by molar-refractivity contribution is 6.00. The number of carbonyl (C=O) groups is 3. The second-order valence-corrected chi connectivity index (χ2v) is 7.12. The molecule has 0 unspecified atom stereocenters. The summed E-state index contributed by atoms with van der Waals surface area (Å²) in [6.07, 6.45) is 2.07. The van der Waals surface area contributed by atoms with Gasteiger partial charge in [0, 0.05) is 31.0 Å². The first kappa shape index (κ1) is 20.4. The Kier molecular flexibility index (Phi) is 6.21. The lowest BCUT2D eigenvalue weighted by molar-refractivity contribution is 0.0599. The number of aromatic amines is 1. The lowest BCUT2D eigenvalue weighted by Crippen LogP contribution is -2.32. The number of H-pyrrole nitrogens is 1. The van der Waals surface area contributed by atoms with E-state index in [0.717, 1.165) is 31.5 Å². The van der Waals surface area contributed by atoms with E-state index in [1.807, 2.05) is 24.3 Å². The molecule has 1 aromatic carbocycles. The molecular weight excluding hydrogens is 372 g/mol. The fourth-order valence-corrected chi connectivity index (χ4v) is 3.54. The molecule has 1 aromatic heterocycles. The molecule has 2 heterocycles. The number of benzene rings is 1. The second-order valence-electron chi connectivity index (χ2n) is 7.12. The molecule has 0 saturated carbocycles. The first-order chi connectivity index (χ1) is 13.9.